The van der Waals surface area contributed by atoms with Crippen LogP contribution in [0.2, 0.25) is 0 Å². The quantitative estimate of drug-likeness (QED) is 0.476. The molecular formula is C21H22F3NOS. The van der Waals surface area contributed by atoms with Crippen LogP contribution in [0, 0.1) is 6.92 Å². The van der Waals surface area contributed by atoms with Crippen molar-refractivity contribution in [1.82, 2.24) is 4.98 Å². The smallest absolute Gasteiger partial charge is 0.416 e. The van der Waals surface area contributed by atoms with Gasteiger partial charge in [-0.3, -0.25) is 0 Å². The molecule has 1 aromatic heterocycles. The van der Waals surface area contributed by atoms with Gasteiger partial charge in [-0.1, -0.05) is 44.2 Å². The molecule has 27 heavy (non-hydrogen) atoms. The summed E-state index contributed by atoms with van der Waals surface area (Å²) in [6, 6.07) is 14.6. The Morgan fingerprint density at radius 1 is 0.963 bits per heavy atom. The largest absolute Gasteiger partial charge is 0.493 e. The van der Waals surface area contributed by atoms with Crippen molar-refractivity contribution in [2.24, 2.45) is 0 Å². The predicted molar refractivity (Wildman–Crippen MR) is 104 cm³/mol. The van der Waals surface area contributed by atoms with Gasteiger partial charge < -0.3 is 4.74 Å². The standard InChI is InChI=1S/C19H16F3NOS.C2H6/c1-13-17(11-12-24-16-5-3-2-4-6-16)23-18(25-13)14-7-9-15(10-8-14)19(20,21)22;1-2/h2-10H,11-12H2,1H3;1-2H3. The third kappa shape index (κ3) is 5.82. The molecule has 0 atom stereocenters. The lowest BCUT2D eigenvalue weighted by molar-refractivity contribution is -0.137. The highest BCUT2D eigenvalue weighted by Gasteiger charge is 2.30. The summed E-state index contributed by atoms with van der Waals surface area (Å²) in [6.45, 7) is 6.46. The van der Waals surface area contributed by atoms with Gasteiger partial charge in [0.15, 0.2) is 0 Å². The molecule has 3 rings (SSSR count). The van der Waals surface area contributed by atoms with Crippen LogP contribution in [-0.4, -0.2) is 11.6 Å². The molecule has 0 aliphatic heterocycles. The zero-order valence-corrected chi connectivity index (χ0v) is 16.3. The maximum atomic E-state index is 12.6. The van der Waals surface area contributed by atoms with Crippen molar-refractivity contribution >= 4 is 11.3 Å². The summed E-state index contributed by atoms with van der Waals surface area (Å²) in [7, 11) is 0. The lowest BCUT2D eigenvalue weighted by atomic mass is 10.1. The second-order valence-electron chi connectivity index (χ2n) is 5.51. The number of hydrogen-bond donors (Lipinski definition) is 0. The van der Waals surface area contributed by atoms with Crippen LogP contribution >= 0.6 is 11.3 Å². The third-order valence-corrected chi connectivity index (χ3v) is 4.76. The minimum absolute atomic E-state index is 0.501. The Labute approximate surface area is 161 Å². The number of nitrogens with zero attached hydrogens (tertiary/aromatic N) is 1. The summed E-state index contributed by atoms with van der Waals surface area (Å²) in [6.07, 6.45) is -3.67. The number of hydrogen-bond acceptors (Lipinski definition) is 3. The summed E-state index contributed by atoms with van der Waals surface area (Å²) in [5.41, 5.74) is 0.952. The molecule has 0 saturated carbocycles. The number of alkyl halides is 3. The number of benzene rings is 2. The SMILES string of the molecule is CC.Cc1sc(-c2ccc(C(F)(F)F)cc2)nc1CCOc1ccccc1. The van der Waals surface area contributed by atoms with Gasteiger partial charge in [-0.2, -0.15) is 13.2 Å². The molecule has 0 fully saturated rings. The molecule has 0 amide bonds. The highest BCUT2D eigenvalue weighted by Crippen LogP contribution is 2.33. The Balaban J connectivity index is 0.00000126. The van der Waals surface area contributed by atoms with Gasteiger partial charge in [0, 0.05) is 16.9 Å². The highest BCUT2D eigenvalue weighted by atomic mass is 32.1. The summed E-state index contributed by atoms with van der Waals surface area (Å²) in [5.74, 6) is 0.804. The maximum absolute atomic E-state index is 12.6. The number of thiazole rings is 1. The fourth-order valence-electron chi connectivity index (χ4n) is 2.37. The number of ether oxygens (including phenoxy) is 1. The Bertz CT molecular complexity index is 827. The van der Waals surface area contributed by atoms with Crippen molar-refractivity contribution in [2.75, 3.05) is 6.61 Å². The fraction of sp³-hybridized carbons (Fsp3) is 0.286. The summed E-state index contributed by atoms with van der Waals surface area (Å²) >= 11 is 1.48. The molecule has 0 spiro atoms. The van der Waals surface area contributed by atoms with Crippen molar-refractivity contribution in [2.45, 2.75) is 33.4 Å². The molecule has 2 aromatic carbocycles. The highest BCUT2D eigenvalue weighted by molar-refractivity contribution is 7.15. The lowest BCUT2D eigenvalue weighted by Gasteiger charge is -2.06. The number of aromatic nitrogens is 1. The van der Waals surface area contributed by atoms with E-state index in [1.54, 1.807) is 0 Å². The fourth-order valence-corrected chi connectivity index (χ4v) is 3.33. The lowest BCUT2D eigenvalue weighted by Crippen LogP contribution is -2.04. The Morgan fingerprint density at radius 3 is 2.19 bits per heavy atom. The van der Waals surface area contributed by atoms with E-state index in [2.05, 4.69) is 4.98 Å². The summed E-state index contributed by atoms with van der Waals surface area (Å²) in [4.78, 5) is 5.61. The van der Waals surface area contributed by atoms with E-state index in [4.69, 9.17) is 4.74 Å². The second kappa shape index (κ2) is 9.55. The first kappa shape index (κ1) is 21.0. The van der Waals surface area contributed by atoms with E-state index >= 15 is 0 Å². The van der Waals surface area contributed by atoms with Gasteiger partial charge in [0.25, 0.3) is 0 Å². The average Bonchev–Trinajstić information content (AvgIpc) is 3.04. The van der Waals surface area contributed by atoms with Crippen LogP contribution in [0.3, 0.4) is 0 Å². The minimum atomic E-state index is -4.32. The first-order chi connectivity index (χ1) is 12.9. The molecule has 0 aliphatic carbocycles. The molecule has 0 radical (unpaired) electrons. The topological polar surface area (TPSA) is 22.1 Å². The van der Waals surface area contributed by atoms with E-state index in [-0.39, 0.29) is 0 Å². The predicted octanol–water partition coefficient (Wildman–Crippen LogP) is 6.79. The van der Waals surface area contributed by atoms with Gasteiger partial charge in [0.05, 0.1) is 17.9 Å². The van der Waals surface area contributed by atoms with Crippen LogP contribution in [0.25, 0.3) is 10.6 Å². The molecule has 0 aliphatic rings. The van der Waals surface area contributed by atoms with Crippen LogP contribution in [0.5, 0.6) is 5.75 Å². The first-order valence-corrected chi connectivity index (χ1v) is 9.57. The van der Waals surface area contributed by atoms with Gasteiger partial charge in [0.1, 0.15) is 10.8 Å². The van der Waals surface area contributed by atoms with Gasteiger partial charge in [0.2, 0.25) is 0 Å². The molecular weight excluding hydrogens is 371 g/mol. The van der Waals surface area contributed by atoms with E-state index in [0.717, 1.165) is 33.5 Å². The average molecular weight is 393 g/mol. The van der Waals surface area contributed by atoms with E-state index in [1.807, 2.05) is 51.1 Å². The van der Waals surface area contributed by atoms with E-state index in [9.17, 15) is 13.2 Å². The van der Waals surface area contributed by atoms with Gasteiger partial charge in [-0.25, -0.2) is 4.98 Å². The molecule has 0 saturated heterocycles. The van der Waals surface area contributed by atoms with Gasteiger partial charge in [-0.15, -0.1) is 11.3 Å². The zero-order valence-electron chi connectivity index (χ0n) is 15.5. The molecule has 2 nitrogen and oxygen atoms in total. The molecule has 3 aromatic rings. The van der Waals surface area contributed by atoms with Crippen LogP contribution in [0.4, 0.5) is 13.2 Å². The van der Waals surface area contributed by atoms with Crippen molar-refractivity contribution in [1.29, 1.82) is 0 Å². The third-order valence-electron chi connectivity index (χ3n) is 3.70. The second-order valence-corrected chi connectivity index (χ2v) is 6.71. The maximum Gasteiger partial charge on any atom is 0.416 e. The van der Waals surface area contributed by atoms with Gasteiger partial charge in [-0.05, 0) is 31.2 Å². The van der Waals surface area contributed by atoms with E-state index < -0.39 is 11.7 Å². The molecule has 1 heterocycles. The van der Waals surface area contributed by atoms with Crippen molar-refractivity contribution in [3.63, 3.8) is 0 Å². The van der Waals surface area contributed by atoms with Crippen LogP contribution in [-0.2, 0) is 12.6 Å². The first-order valence-electron chi connectivity index (χ1n) is 8.75. The molecule has 0 N–H and O–H groups in total. The molecule has 6 heteroatoms. The van der Waals surface area contributed by atoms with Crippen molar-refractivity contribution in [3.05, 3.63) is 70.7 Å². The number of rotatable bonds is 5. The summed E-state index contributed by atoms with van der Waals surface area (Å²) < 4.78 is 43.6. The molecule has 144 valence electrons. The molecule has 0 unspecified atom stereocenters. The number of para-hydroxylation sites is 1. The van der Waals surface area contributed by atoms with Gasteiger partial charge >= 0.3 is 6.18 Å². The Morgan fingerprint density at radius 2 is 1.59 bits per heavy atom. The van der Waals surface area contributed by atoms with E-state index in [1.165, 1.54) is 23.5 Å². The van der Waals surface area contributed by atoms with E-state index in [0.29, 0.717) is 18.6 Å². The van der Waals surface area contributed by atoms with Crippen molar-refractivity contribution < 1.29 is 17.9 Å². The van der Waals surface area contributed by atoms with Crippen LogP contribution in [0.1, 0.15) is 30.0 Å². The molecule has 0 bridgehead atoms. The van der Waals surface area contributed by atoms with Crippen LogP contribution in [0.15, 0.2) is 54.6 Å². The zero-order chi connectivity index (χ0) is 19.9. The Hall–Kier alpha value is -2.34. The Kier molecular flexibility index (Phi) is 7.42. The minimum Gasteiger partial charge on any atom is -0.493 e. The van der Waals surface area contributed by atoms with Crippen molar-refractivity contribution in [3.8, 4) is 16.3 Å². The van der Waals surface area contributed by atoms with Crippen LogP contribution < -0.4 is 4.74 Å². The monoisotopic (exact) mass is 393 g/mol. The number of halogens is 3. The normalized spacial score (nSPS) is 10.9. The number of aryl methyl sites for hydroxylation is 1. The summed E-state index contributed by atoms with van der Waals surface area (Å²) in [5, 5.41) is 0.723.